The van der Waals surface area contributed by atoms with Gasteiger partial charge in [-0.2, -0.15) is 21.6 Å². The lowest BCUT2D eigenvalue weighted by atomic mass is 10.1. The van der Waals surface area contributed by atoms with Gasteiger partial charge in [-0.1, -0.05) is 24.3 Å². The standard InChI is InChI=1S/C22H20F3NO4S2/c1-15(2)26(21(27)20-10-5-11-31-20)14-16-6-3-8-18(12-16)30-32(28,29)19-9-4-7-17(13-19)22(23,24)25/h3-13,15H,14H2,1-2H3. The number of carbonyl (C=O) groups excluding carboxylic acids is 1. The predicted molar refractivity (Wildman–Crippen MR) is 115 cm³/mol. The number of thiophene rings is 1. The molecule has 0 atom stereocenters. The Labute approximate surface area is 188 Å². The Hall–Kier alpha value is -2.85. The lowest BCUT2D eigenvalue weighted by Gasteiger charge is -2.26. The van der Waals surface area contributed by atoms with Crippen molar-refractivity contribution in [1.82, 2.24) is 4.90 Å². The van der Waals surface area contributed by atoms with E-state index in [1.165, 1.54) is 23.5 Å². The summed E-state index contributed by atoms with van der Waals surface area (Å²) in [4.78, 5) is 14.4. The molecule has 0 aliphatic carbocycles. The summed E-state index contributed by atoms with van der Waals surface area (Å²) >= 11 is 1.32. The second-order valence-electron chi connectivity index (χ2n) is 7.21. The molecule has 0 N–H and O–H groups in total. The summed E-state index contributed by atoms with van der Waals surface area (Å²) in [5.41, 5.74) is -0.476. The van der Waals surface area contributed by atoms with E-state index < -0.39 is 26.8 Å². The zero-order valence-corrected chi connectivity index (χ0v) is 18.8. The predicted octanol–water partition coefficient (Wildman–Crippen LogP) is 5.59. The van der Waals surface area contributed by atoms with Gasteiger partial charge in [-0.3, -0.25) is 4.79 Å². The maximum Gasteiger partial charge on any atom is 0.416 e. The van der Waals surface area contributed by atoms with Gasteiger partial charge in [-0.05, 0) is 61.2 Å². The van der Waals surface area contributed by atoms with Crippen LogP contribution >= 0.6 is 11.3 Å². The average Bonchev–Trinajstić information content (AvgIpc) is 3.26. The van der Waals surface area contributed by atoms with Gasteiger partial charge < -0.3 is 9.08 Å². The van der Waals surface area contributed by atoms with Crippen LogP contribution in [0.2, 0.25) is 0 Å². The molecule has 0 bridgehead atoms. The molecular formula is C22H20F3NO4S2. The number of rotatable bonds is 7. The Morgan fingerprint density at radius 3 is 2.41 bits per heavy atom. The quantitative estimate of drug-likeness (QED) is 0.411. The van der Waals surface area contributed by atoms with Gasteiger partial charge in [0.05, 0.1) is 10.4 Å². The van der Waals surface area contributed by atoms with Crippen LogP contribution in [0.5, 0.6) is 5.75 Å². The first kappa shape index (κ1) is 23.8. The zero-order chi connectivity index (χ0) is 23.5. The highest BCUT2D eigenvalue weighted by Gasteiger charge is 2.32. The van der Waals surface area contributed by atoms with Crippen molar-refractivity contribution in [3.8, 4) is 5.75 Å². The number of benzene rings is 2. The van der Waals surface area contributed by atoms with Gasteiger partial charge in [0, 0.05) is 12.6 Å². The number of nitrogens with zero attached hydrogens (tertiary/aromatic N) is 1. The van der Waals surface area contributed by atoms with Gasteiger partial charge in [0.15, 0.2) is 0 Å². The summed E-state index contributed by atoms with van der Waals surface area (Å²) in [5, 5.41) is 1.80. The molecule has 32 heavy (non-hydrogen) atoms. The molecule has 0 fully saturated rings. The Morgan fingerprint density at radius 1 is 1.06 bits per heavy atom. The van der Waals surface area contributed by atoms with E-state index >= 15 is 0 Å². The monoisotopic (exact) mass is 483 g/mol. The van der Waals surface area contributed by atoms with Crippen LogP contribution in [0, 0.1) is 0 Å². The molecule has 3 aromatic rings. The van der Waals surface area contributed by atoms with Crippen molar-refractivity contribution in [2.45, 2.75) is 37.5 Å². The third kappa shape index (κ3) is 5.68. The van der Waals surface area contributed by atoms with E-state index in [9.17, 15) is 26.4 Å². The molecular weight excluding hydrogens is 463 g/mol. The molecule has 2 aromatic carbocycles. The SMILES string of the molecule is CC(C)N(Cc1cccc(OS(=O)(=O)c2cccc(C(F)(F)F)c2)c1)C(=O)c1cccs1. The van der Waals surface area contributed by atoms with Crippen LogP contribution in [0.25, 0.3) is 0 Å². The van der Waals surface area contributed by atoms with Gasteiger partial charge in [0.2, 0.25) is 0 Å². The molecule has 1 amide bonds. The van der Waals surface area contributed by atoms with Crippen molar-refractivity contribution in [3.63, 3.8) is 0 Å². The highest BCUT2D eigenvalue weighted by Crippen LogP contribution is 2.31. The molecule has 0 spiro atoms. The number of amides is 1. The van der Waals surface area contributed by atoms with E-state index in [0.29, 0.717) is 16.5 Å². The molecule has 170 valence electrons. The van der Waals surface area contributed by atoms with Crippen molar-refractivity contribution in [2.24, 2.45) is 0 Å². The molecule has 0 unspecified atom stereocenters. The topological polar surface area (TPSA) is 63.7 Å². The Balaban J connectivity index is 1.82. The summed E-state index contributed by atoms with van der Waals surface area (Å²) in [7, 11) is -4.49. The molecule has 0 aliphatic heterocycles. The highest BCUT2D eigenvalue weighted by atomic mass is 32.2. The first-order valence-corrected chi connectivity index (χ1v) is 11.8. The second-order valence-corrected chi connectivity index (χ2v) is 9.71. The van der Waals surface area contributed by atoms with E-state index in [1.54, 1.807) is 34.5 Å². The average molecular weight is 484 g/mol. The van der Waals surface area contributed by atoms with Crippen LogP contribution in [-0.2, 0) is 22.8 Å². The summed E-state index contributed by atoms with van der Waals surface area (Å²) in [5.74, 6) is -0.218. The first-order valence-electron chi connectivity index (χ1n) is 9.52. The maximum absolute atomic E-state index is 12.9. The Morgan fingerprint density at radius 2 is 1.78 bits per heavy atom. The molecule has 1 aromatic heterocycles. The zero-order valence-electron chi connectivity index (χ0n) is 17.2. The van der Waals surface area contributed by atoms with Gasteiger partial charge in [-0.25, -0.2) is 0 Å². The molecule has 0 saturated heterocycles. The van der Waals surface area contributed by atoms with Crippen molar-refractivity contribution in [2.75, 3.05) is 0 Å². The third-order valence-corrected chi connectivity index (χ3v) is 6.62. The van der Waals surface area contributed by atoms with Crippen molar-refractivity contribution in [1.29, 1.82) is 0 Å². The minimum Gasteiger partial charge on any atom is -0.379 e. The fourth-order valence-corrected chi connectivity index (χ4v) is 4.57. The second kappa shape index (κ2) is 9.33. The van der Waals surface area contributed by atoms with E-state index in [0.717, 1.165) is 18.2 Å². The van der Waals surface area contributed by atoms with Crippen LogP contribution in [0.15, 0.2) is 70.9 Å². The largest absolute Gasteiger partial charge is 0.416 e. The van der Waals surface area contributed by atoms with E-state index in [-0.39, 0.29) is 24.2 Å². The molecule has 0 radical (unpaired) electrons. The molecule has 1 heterocycles. The number of halogens is 3. The Bertz CT molecular complexity index is 1190. The molecule has 10 heteroatoms. The number of carbonyl (C=O) groups is 1. The van der Waals surface area contributed by atoms with Crippen molar-refractivity contribution in [3.05, 3.63) is 82.0 Å². The van der Waals surface area contributed by atoms with Crippen LogP contribution in [0.4, 0.5) is 13.2 Å². The van der Waals surface area contributed by atoms with E-state index in [1.807, 2.05) is 13.8 Å². The van der Waals surface area contributed by atoms with E-state index in [2.05, 4.69) is 0 Å². The minimum absolute atomic E-state index is 0.0628. The van der Waals surface area contributed by atoms with Crippen LogP contribution in [0.1, 0.15) is 34.6 Å². The van der Waals surface area contributed by atoms with Gasteiger partial charge in [0.1, 0.15) is 10.6 Å². The van der Waals surface area contributed by atoms with Crippen LogP contribution in [0.3, 0.4) is 0 Å². The molecule has 0 aliphatic rings. The lowest BCUT2D eigenvalue weighted by Crippen LogP contribution is -2.35. The van der Waals surface area contributed by atoms with Crippen molar-refractivity contribution < 1.29 is 30.6 Å². The summed E-state index contributed by atoms with van der Waals surface area (Å²) in [6.45, 7) is 3.93. The number of alkyl halides is 3. The first-order chi connectivity index (χ1) is 15.0. The smallest absolute Gasteiger partial charge is 0.379 e. The molecule has 0 saturated carbocycles. The van der Waals surface area contributed by atoms with Crippen molar-refractivity contribution >= 4 is 27.4 Å². The summed E-state index contributed by atoms with van der Waals surface area (Å²) in [6.07, 6.45) is -4.68. The third-order valence-electron chi connectivity index (χ3n) is 4.52. The minimum atomic E-state index is -4.68. The van der Waals surface area contributed by atoms with Crippen LogP contribution < -0.4 is 4.18 Å². The van der Waals surface area contributed by atoms with Crippen LogP contribution in [-0.4, -0.2) is 25.3 Å². The Kier molecular flexibility index (Phi) is 6.94. The van der Waals surface area contributed by atoms with E-state index in [4.69, 9.17) is 4.18 Å². The summed E-state index contributed by atoms with van der Waals surface area (Å²) in [6, 6.07) is 12.8. The molecule has 5 nitrogen and oxygen atoms in total. The summed E-state index contributed by atoms with van der Waals surface area (Å²) < 4.78 is 68.9. The fraction of sp³-hybridized carbons (Fsp3) is 0.227. The lowest BCUT2D eigenvalue weighted by molar-refractivity contribution is -0.137. The normalized spacial score (nSPS) is 12.1. The highest BCUT2D eigenvalue weighted by molar-refractivity contribution is 7.87. The van der Waals surface area contributed by atoms with Gasteiger partial charge >= 0.3 is 16.3 Å². The fourth-order valence-electron chi connectivity index (χ4n) is 2.93. The number of hydrogen-bond donors (Lipinski definition) is 0. The number of hydrogen-bond acceptors (Lipinski definition) is 5. The maximum atomic E-state index is 12.9. The van der Waals surface area contributed by atoms with Gasteiger partial charge in [0.25, 0.3) is 5.91 Å². The molecule has 3 rings (SSSR count). The van der Waals surface area contributed by atoms with Gasteiger partial charge in [-0.15, -0.1) is 11.3 Å².